The van der Waals surface area contributed by atoms with Crippen LogP contribution in [-0.2, 0) is 14.9 Å². The number of aromatic nitrogens is 2. The number of rotatable bonds is 6. The number of anilines is 1. The van der Waals surface area contributed by atoms with Gasteiger partial charge in [0.05, 0.1) is 18.9 Å². The van der Waals surface area contributed by atoms with Crippen molar-refractivity contribution in [3.05, 3.63) is 47.4 Å². The van der Waals surface area contributed by atoms with Crippen molar-refractivity contribution in [1.29, 1.82) is 0 Å². The van der Waals surface area contributed by atoms with Crippen molar-refractivity contribution in [2.45, 2.75) is 38.7 Å². The predicted molar refractivity (Wildman–Crippen MR) is 95.1 cm³/mol. The van der Waals surface area contributed by atoms with Crippen LogP contribution in [0.25, 0.3) is 0 Å². The van der Waals surface area contributed by atoms with Gasteiger partial charge in [-0.2, -0.15) is 8.78 Å². The number of nitrogens with one attached hydrogen (secondary N) is 1. The Morgan fingerprint density at radius 2 is 2.04 bits per heavy atom. The smallest absolute Gasteiger partial charge is 0.388 e. The monoisotopic (exact) mass is 377 g/mol. The number of aryl methyl sites for hydroxylation is 1. The number of hydrogen-bond donors (Lipinski definition) is 1. The maximum Gasteiger partial charge on any atom is 0.388 e. The van der Waals surface area contributed by atoms with Gasteiger partial charge in [-0.15, -0.1) is 0 Å². The zero-order chi connectivity index (χ0) is 19.6. The Balaban J connectivity index is 1.94. The van der Waals surface area contributed by atoms with Crippen LogP contribution in [0, 0.1) is 6.92 Å². The lowest BCUT2D eigenvalue weighted by molar-refractivity contribution is -0.140. The van der Waals surface area contributed by atoms with Crippen molar-refractivity contribution in [3.8, 4) is 5.88 Å². The van der Waals surface area contributed by atoms with Gasteiger partial charge in [0.25, 0.3) is 0 Å². The first-order chi connectivity index (χ1) is 12.8. The fourth-order valence-electron chi connectivity index (χ4n) is 3.01. The first kappa shape index (κ1) is 19.2. The van der Waals surface area contributed by atoms with Crippen LogP contribution in [0.2, 0.25) is 0 Å². The van der Waals surface area contributed by atoms with E-state index < -0.39 is 12.0 Å². The van der Waals surface area contributed by atoms with Crippen molar-refractivity contribution in [2.75, 3.05) is 18.5 Å². The van der Waals surface area contributed by atoms with E-state index in [2.05, 4.69) is 20.0 Å². The molecule has 0 atom stereocenters. The second kappa shape index (κ2) is 7.56. The van der Waals surface area contributed by atoms with Crippen LogP contribution >= 0.6 is 0 Å². The molecular formula is C19H21F2N3O3. The molecule has 3 rings (SSSR count). The van der Waals surface area contributed by atoms with E-state index in [0.717, 1.165) is 5.56 Å². The number of carbonyl (C=O) groups excluding carboxylic acids is 1. The van der Waals surface area contributed by atoms with Gasteiger partial charge in [0.2, 0.25) is 11.8 Å². The molecule has 1 aliphatic rings. The van der Waals surface area contributed by atoms with E-state index in [0.29, 0.717) is 11.4 Å². The zero-order valence-corrected chi connectivity index (χ0v) is 15.3. The Labute approximate surface area is 155 Å². The average molecular weight is 377 g/mol. The molecule has 8 heteroatoms. The summed E-state index contributed by atoms with van der Waals surface area (Å²) in [5.41, 5.74) is 1.19. The molecular weight excluding hydrogens is 356 g/mol. The molecule has 1 aliphatic heterocycles. The molecule has 3 heterocycles. The van der Waals surface area contributed by atoms with Crippen molar-refractivity contribution in [1.82, 2.24) is 9.97 Å². The van der Waals surface area contributed by atoms with E-state index >= 15 is 0 Å². The number of halogens is 2. The van der Waals surface area contributed by atoms with Crippen molar-refractivity contribution >= 4 is 11.6 Å². The Hall–Kier alpha value is -2.61. The van der Waals surface area contributed by atoms with Crippen LogP contribution < -0.4 is 10.1 Å². The van der Waals surface area contributed by atoms with E-state index in [-0.39, 0.29) is 36.6 Å². The summed E-state index contributed by atoms with van der Waals surface area (Å²) in [5, 5.41) is 2.67. The predicted octanol–water partition coefficient (Wildman–Crippen LogP) is 3.42. The zero-order valence-electron chi connectivity index (χ0n) is 15.3. The largest absolute Gasteiger partial charge is 0.415 e. The molecule has 2 aromatic rings. The van der Waals surface area contributed by atoms with Gasteiger partial charge in [0, 0.05) is 11.9 Å². The summed E-state index contributed by atoms with van der Waals surface area (Å²) >= 11 is 0. The molecule has 0 saturated carbocycles. The summed E-state index contributed by atoms with van der Waals surface area (Å²) < 4.78 is 35.2. The number of pyridine rings is 2. The summed E-state index contributed by atoms with van der Waals surface area (Å²) in [7, 11) is 0. The van der Waals surface area contributed by atoms with E-state index in [1.165, 1.54) is 6.07 Å². The Kier molecular flexibility index (Phi) is 5.36. The third-order valence-corrected chi connectivity index (χ3v) is 4.49. The highest BCUT2D eigenvalue weighted by molar-refractivity contribution is 6.00. The maximum absolute atomic E-state index is 13.1. The molecule has 2 aromatic heterocycles. The minimum absolute atomic E-state index is 0.0826. The third-order valence-electron chi connectivity index (χ3n) is 4.49. The first-order valence-corrected chi connectivity index (χ1v) is 8.60. The topological polar surface area (TPSA) is 73.3 Å². The molecule has 0 aromatic carbocycles. The SMILES string of the molecule is Cc1ccc(NC(=O)C2(c3ncccc3C(C)C)COC2)c(OC(F)F)n1. The van der Waals surface area contributed by atoms with Gasteiger partial charge >= 0.3 is 6.61 Å². The normalized spacial score (nSPS) is 15.5. The van der Waals surface area contributed by atoms with E-state index in [9.17, 15) is 13.6 Å². The number of alkyl halides is 2. The molecule has 0 unspecified atom stereocenters. The van der Waals surface area contributed by atoms with E-state index in [1.54, 1.807) is 19.2 Å². The van der Waals surface area contributed by atoms with Crippen LogP contribution in [0.3, 0.4) is 0 Å². The van der Waals surface area contributed by atoms with Crippen LogP contribution in [0.5, 0.6) is 5.88 Å². The Morgan fingerprint density at radius 1 is 1.30 bits per heavy atom. The summed E-state index contributed by atoms with van der Waals surface area (Å²) in [4.78, 5) is 21.5. The molecule has 0 spiro atoms. The summed E-state index contributed by atoms with van der Waals surface area (Å²) in [5.74, 6) is -0.546. The van der Waals surface area contributed by atoms with Gasteiger partial charge in [-0.3, -0.25) is 9.78 Å². The summed E-state index contributed by atoms with van der Waals surface area (Å²) in [6.07, 6.45) is 1.63. The van der Waals surface area contributed by atoms with Gasteiger partial charge in [0.1, 0.15) is 11.1 Å². The fourth-order valence-corrected chi connectivity index (χ4v) is 3.01. The van der Waals surface area contributed by atoms with E-state index in [1.807, 2.05) is 26.0 Å². The average Bonchev–Trinajstić information content (AvgIpc) is 2.56. The fraction of sp³-hybridized carbons (Fsp3) is 0.421. The highest BCUT2D eigenvalue weighted by atomic mass is 19.3. The number of amides is 1. The lowest BCUT2D eigenvalue weighted by Crippen LogP contribution is -2.56. The summed E-state index contributed by atoms with van der Waals surface area (Å²) in [6, 6.07) is 6.85. The lowest BCUT2D eigenvalue weighted by atomic mass is 9.77. The minimum Gasteiger partial charge on any atom is -0.415 e. The number of ether oxygens (including phenoxy) is 2. The van der Waals surface area contributed by atoms with Gasteiger partial charge in [0.15, 0.2) is 0 Å². The molecule has 144 valence electrons. The molecule has 0 radical (unpaired) electrons. The number of nitrogens with zero attached hydrogens (tertiary/aromatic N) is 2. The van der Waals surface area contributed by atoms with Gasteiger partial charge in [-0.05, 0) is 36.6 Å². The molecule has 1 N–H and O–H groups in total. The summed E-state index contributed by atoms with van der Waals surface area (Å²) in [6.45, 7) is 2.97. The second-order valence-corrected chi connectivity index (χ2v) is 6.81. The van der Waals surface area contributed by atoms with Gasteiger partial charge in [-0.25, -0.2) is 4.98 Å². The molecule has 1 fully saturated rings. The first-order valence-electron chi connectivity index (χ1n) is 8.60. The Bertz CT molecular complexity index is 839. The van der Waals surface area contributed by atoms with Crippen LogP contribution in [0.15, 0.2) is 30.5 Å². The molecule has 6 nitrogen and oxygen atoms in total. The molecule has 0 aliphatic carbocycles. The molecule has 27 heavy (non-hydrogen) atoms. The Morgan fingerprint density at radius 3 is 2.63 bits per heavy atom. The molecule has 0 bridgehead atoms. The standard InChI is InChI=1S/C19H21F2N3O3/c1-11(2)13-5-4-8-22-15(13)19(9-26-10-19)17(25)24-14-7-6-12(3)23-16(14)27-18(20)21/h4-8,11,18H,9-10H2,1-3H3,(H,24,25). The van der Waals surface area contributed by atoms with Crippen molar-refractivity contribution in [2.24, 2.45) is 0 Å². The molecule has 1 saturated heterocycles. The third kappa shape index (κ3) is 3.75. The van der Waals surface area contributed by atoms with Crippen LogP contribution in [0.1, 0.15) is 36.7 Å². The quantitative estimate of drug-likeness (QED) is 0.835. The maximum atomic E-state index is 13.1. The van der Waals surface area contributed by atoms with E-state index in [4.69, 9.17) is 4.74 Å². The number of carbonyl (C=O) groups is 1. The lowest BCUT2D eigenvalue weighted by Gasteiger charge is -2.40. The van der Waals surface area contributed by atoms with Crippen molar-refractivity contribution in [3.63, 3.8) is 0 Å². The second-order valence-electron chi connectivity index (χ2n) is 6.81. The van der Waals surface area contributed by atoms with Gasteiger partial charge < -0.3 is 14.8 Å². The van der Waals surface area contributed by atoms with Crippen molar-refractivity contribution < 1.29 is 23.0 Å². The highest BCUT2D eigenvalue weighted by Gasteiger charge is 2.50. The minimum atomic E-state index is -3.04. The highest BCUT2D eigenvalue weighted by Crippen LogP contribution is 2.37. The van der Waals surface area contributed by atoms with Crippen LogP contribution in [-0.4, -0.2) is 35.7 Å². The molecule has 1 amide bonds. The van der Waals surface area contributed by atoms with Gasteiger partial charge in [-0.1, -0.05) is 19.9 Å². The number of hydrogen-bond acceptors (Lipinski definition) is 5. The van der Waals surface area contributed by atoms with Crippen LogP contribution in [0.4, 0.5) is 14.5 Å².